The number of carbonyl (C=O) groups is 1. The fraction of sp³-hybridized carbons (Fsp3) is 0.267. The van der Waals surface area contributed by atoms with Gasteiger partial charge >= 0.3 is 0 Å². The molecule has 21 heavy (non-hydrogen) atoms. The second-order valence-electron chi connectivity index (χ2n) is 4.97. The molecule has 1 aromatic carbocycles. The maximum absolute atomic E-state index is 11.7. The Hall–Kier alpha value is -2.14. The van der Waals surface area contributed by atoms with E-state index in [9.17, 15) is 4.79 Å². The van der Waals surface area contributed by atoms with E-state index in [0.717, 1.165) is 12.0 Å². The first-order valence-electron chi connectivity index (χ1n) is 6.81. The third-order valence-electron chi connectivity index (χ3n) is 3.49. The first-order chi connectivity index (χ1) is 10.2. The van der Waals surface area contributed by atoms with Crippen molar-refractivity contribution in [1.82, 2.24) is 15.3 Å². The van der Waals surface area contributed by atoms with Crippen molar-refractivity contribution in [2.24, 2.45) is 0 Å². The van der Waals surface area contributed by atoms with Crippen molar-refractivity contribution >= 4 is 23.5 Å². The van der Waals surface area contributed by atoms with E-state index in [4.69, 9.17) is 11.6 Å². The number of halogens is 1. The number of benzene rings is 1. The van der Waals surface area contributed by atoms with E-state index in [2.05, 4.69) is 20.6 Å². The van der Waals surface area contributed by atoms with Crippen LogP contribution in [-0.4, -0.2) is 21.9 Å². The van der Waals surface area contributed by atoms with Crippen LogP contribution in [0.3, 0.4) is 0 Å². The first-order valence-corrected chi connectivity index (χ1v) is 7.18. The van der Waals surface area contributed by atoms with Gasteiger partial charge < -0.3 is 10.6 Å². The lowest BCUT2D eigenvalue weighted by molar-refractivity contribution is -0.123. The number of hydrogen-bond acceptors (Lipinski definition) is 4. The zero-order chi connectivity index (χ0) is 14.7. The molecule has 1 aliphatic heterocycles. The number of piperidine rings is 1. The van der Waals surface area contributed by atoms with Crippen molar-refractivity contribution in [1.29, 1.82) is 0 Å². The van der Waals surface area contributed by atoms with Crippen LogP contribution < -0.4 is 10.6 Å². The van der Waals surface area contributed by atoms with Crippen LogP contribution in [0.25, 0.3) is 0 Å². The summed E-state index contributed by atoms with van der Waals surface area (Å²) in [6.07, 6.45) is 4.33. The molecule has 1 saturated heterocycles. The molecular formula is C15H15ClN4O. The molecule has 5 nitrogen and oxygen atoms in total. The second-order valence-corrected chi connectivity index (χ2v) is 5.41. The van der Waals surface area contributed by atoms with Gasteiger partial charge in [-0.3, -0.25) is 4.79 Å². The molecule has 2 N–H and O–H groups in total. The highest BCUT2D eigenvalue weighted by Gasteiger charge is 2.30. The van der Waals surface area contributed by atoms with Crippen LogP contribution in [0.15, 0.2) is 42.7 Å². The van der Waals surface area contributed by atoms with Crippen molar-refractivity contribution in [2.45, 2.75) is 24.9 Å². The molecule has 1 aromatic heterocycles. The number of anilines is 1. The lowest BCUT2D eigenvalue weighted by atomic mass is 9.92. The fourth-order valence-electron chi connectivity index (χ4n) is 2.48. The minimum absolute atomic E-state index is 0.0475. The molecule has 3 rings (SSSR count). The van der Waals surface area contributed by atoms with E-state index < -0.39 is 0 Å². The maximum atomic E-state index is 11.7. The van der Waals surface area contributed by atoms with Gasteiger partial charge in [-0.2, -0.15) is 0 Å². The molecule has 0 saturated carbocycles. The van der Waals surface area contributed by atoms with Crippen molar-refractivity contribution < 1.29 is 4.79 Å². The minimum atomic E-state index is -0.0910. The number of nitrogens with zero attached hydrogens (tertiary/aromatic N) is 2. The second kappa shape index (κ2) is 6.10. The molecular weight excluding hydrogens is 288 g/mol. The quantitative estimate of drug-likeness (QED) is 0.914. The van der Waals surface area contributed by atoms with Gasteiger partial charge in [0.15, 0.2) is 0 Å². The normalized spacial score (nSPS) is 21.7. The SMILES string of the molecule is O=C1CC[C@@H](Nc2ncc(Cl)cn2)[C@H](c2ccccc2)N1. The molecule has 1 amide bonds. The maximum Gasteiger partial charge on any atom is 0.222 e. The molecule has 0 bridgehead atoms. The van der Waals surface area contributed by atoms with Crippen LogP contribution in [0.5, 0.6) is 0 Å². The Balaban J connectivity index is 1.81. The van der Waals surface area contributed by atoms with E-state index in [1.54, 1.807) is 12.4 Å². The van der Waals surface area contributed by atoms with Gasteiger partial charge in [-0.15, -0.1) is 0 Å². The van der Waals surface area contributed by atoms with Crippen LogP contribution in [0.1, 0.15) is 24.4 Å². The van der Waals surface area contributed by atoms with Crippen LogP contribution in [-0.2, 0) is 4.79 Å². The fourth-order valence-corrected chi connectivity index (χ4v) is 2.58. The Bertz CT molecular complexity index is 617. The monoisotopic (exact) mass is 302 g/mol. The minimum Gasteiger partial charge on any atom is -0.349 e. The van der Waals surface area contributed by atoms with Crippen molar-refractivity contribution in [3.63, 3.8) is 0 Å². The zero-order valence-electron chi connectivity index (χ0n) is 11.3. The number of amides is 1. The lowest BCUT2D eigenvalue weighted by Crippen LogP contribution is -2.45. The van der Waals surface area contributed by atoms with Crippen molar-refractivity contribution in [3.05, 3.63) is 53.3 Å². The van der Waals surface area contributed by atoms with Gasteiger partial charge in [0, 0.05) is 6.42 Å². The summed E-state index contributed by atoms with van der Waals surface area (Å²) < 4.78 is 0. The summed E-state index contributed by atoms with van der Waals surface area (Å²) in [5.74, 6) is 0.584. The standard InChI is InChI=1S/C15H15ClN4O/c16-11-8-17-15(18-9-11)19-12-6-7-13(21)20-14(12)10-4-2-1-3-5-10/h1-5,8-9,12,14H,6-7H2,(H,20,21)(H,17,18,19)/t12-,14+/m1/s1. The average Bonchev–Trinajstić information content (AvgIpc) is 2.52. The van der Waals surface area contributed by atoms with E-state index in [1.807, 2.05) is 30.3 Å². The summed E-state index contributed by atoms with van der Waals surface area (Å²) in [6, 6.07) is 9.86. The summed E-state index contributed by atoms with van der Waals surface area (Å²) in [5.41, 5.74) is 1.07. The predicted molar refractivity (Wildman–Crippen MR) is 81.0 cm³/mol. The number of hydrogen-bond donors (Lipinski definition) is 2. The molecule has 0 spiro atoms. The topological polar surface area (TPSA) is 66.9 Å². The Morgan fingerprint density at radius 2 is 1.90 bits per heavy atom. The van der Waals surface area contributed by atoms with Crippen LogP contribution in [0.2, 0.25) is 5.02 Å². The molecule has 0 unspecified atom stereocenters. The highest BCUT2D eigenvalue weighted by atomic mass is 35.5. The molecule has 2 aromatic rings. The number of rotatable bonds is 3. The van der Waals surface area contributed by atoms with Gasteiger partial charge in [0.25, 0.3) is 0 Å². The first kappa shape index (κ1) is 13.8. The van der Waals surface area contributed by atoms with Gasteiger partial charge in [0.1, 0.15) is 0 Å². The third-order valence-corrected chi connectivity index (χ3v) is 3.69. The van der Waals surface area contributed by atoms with Gasteiger partial charge in [-0.25, -0.2) is 9.97 Å². The largest absolute Gasteiger partial charge is 0.349 e. The van der Waals surface area contributed by atoms with Gasteiger partial charge in [-0.05, 0) is 12.0 Å². The van der Waals surface area contributed by atoms with Crippen molar-refractivity contribution in [3.8, 4) is 0 Å². The highest BCUT2D eigenvalue weighted by molar-refractivity contribution is 6.30. The Labute approximate surface area is 127 Å². The zero-order valence-corrected chi connectivity index (χ0v) is 12.0. The number of carbonyl (C=O) groups excluding carboxylic acids is 1. The van der Waals surface area contributed by atoms with E-state index in [-0.39, 0.29) is 18.0 Å². The van der Waals surface area contributed by atoms with Crippen LogP contribution in [0, 0.1) is 0 Å². The van der Waals surface area contributed by atoms with Crippen LogP contribution >= 0.6 is 11.6 Å². The molecule has 2 atom stereocenters. The van der Waals surface area contributed by atoms with E-state index in [0.29, 0.717) is 17.4 Å². The Kier molecular flexibility index (Phi) is 4.01. The summed E-state index contributed by atoms with van der Waals surface area (Å²) in [5, 5.41) is 6.81. The van der Waals surface area contributed by atoms with Crippen molar-refractivity contribution in [2.75, 3.05) is 5.32 Å². The smallest absolute Gasteiger partial charge is 0.222 e. The Morgan fingerprint density at radius 3 is 2.62 bits per heavy atom. The van der Waals surface area contributed by atoms with Gasteiger partial charge in [0.2, 0.25) is 11.9 Å². The average molecular weight is 303 g/mol. The molecule has 6 heteroatoms. The Morgan fingerprint density at radius 1 is 1.19 bits per heavy atom. The highest BCUT2D eigenvalue weighted by Crippen LogP contribution is 2.26. The molecule has 1 aliphatic rings. The van der Waals surface area contributed by atoms with Crippen LogP contribution in [0.4, 0.5) is 5.95 Å². The third kappa shape index (κ3) is 3.31. The number of nitrogens with one attached hydrogen (secondary N) is 2. The molecule has 0 radical (unpaired) electrons. The van der Waals surface area contributed by atoms with E-state index in [1.165, 1.54) is 0 Å². The number of aromatic nitrogens is 2. The molecule has 0 aliphatic carbocycles. The van der Waals surface area contributed by atoms with Gasteiger partial charge in [-0.1, -0.05) is 41.9 Å². The van der Waals surface area contributed by atoms with Gasteiger partial charge in [0.05, 0.1) is 29.5 Å². The predicted octanol–water partition coefficient (Wildman–Crippen LogP) is 2.56. The van der Waals surface area contributed by atoms with E-state index >= 15 is 0 Å². The molecule has 2 heterocycles. The summed E-state index contributed by atoms with van der Waals surface area (Å²) in [4.78, 5) is 20.0. The summed E-state index contributed by atoms with van der Waals surface area (Å²) in [6.45, 7) is 0. The molecule has 1 fully saturated rings. The lowest BCUT2D eigenvalue weighted by Gasteiger charge is -2.33. The molecule has 108 valence electrons. The summed E-state index contributed by atoms with van der Waals surface area (Å²) >= 11 is 5.79. The summed E-state index contributed by atoms with van der Waals surface area (Å²) in [7, 11) is 0.